The Balaban J connectivity index is 1.41. The lowest BCUT2D eigenvalue weighted by Gasteiger charge is -2.38. The van der Waals surface area contributed by atoms with Crippen molar-refractivity contribution in [3.05, 3.63) is 29.3 Å². The first kappa shape index (κ1) is 27.4. The minimum absolute atomic E-state index is 0.0454. The minimum atomic E-state index is -0.596. The fraction of sp³-hybridized carbons (Fsp3) is 0.724. The highest BCUT2D eigenvalue weighted by Crippen LogP contribution is 2.30. The molecule has 0 radical (unpaired) electrons. The number of nitrogens with zero attached hydrogens (tertiary/aromatic N) is 2. The van der Waals surface area contributed by atoms with Gasteiger partial charge in [-0.15, -0.1) is 0 Å². The summed E-state index contributed by atoms with van der Waals surface area (Å²) in [5.41, 5.74) is 1.65. The van der Waals surface area contributed by atoms with Gasteiger partial charge in [0, 0.05) is 31.6 Å². The molecule has 2 amide bonds. The van der Waals surface area contributed by atoms with Gasteiger partial charge >= 0.3 is 0 Å². The molecule has 0 unspecified atom stereocenters. The Morgan fingerprint density at radius 3 is 2.63 bits per heavy atom. The van der Waals surface area contributed by atoms with Gasteiger partial charge in [0.1, 0.15) is 11.9 Å². The number of carbonyl (C=O) groups excluding carboxylic acids is 2. The molecule has 4 aliphatic heterocycles. The SMILES string of the molecule is CC(C)c1ccc2c(c1)OCC[C@@H]1CC[C@H](O)[C@@H](CNC(=O)[C@@H]3C[C@@H](CN3C3CCN(C)CC3)NC2=O)O1. The zero-order valence-corrected chi connectivity index (χ0v) is 23.0. The highest BCUT2D eigenvalue weighted by atomic mass is 16.5. The van der Waals surface area contributed by atoms with E-state index in [1.165, 1.54) is 0 Å². The van der Waals surface area contributed by atoms with Gasteiger partial charge in [-0.05, 0) is 75.9 Å². The molecule has 5 atom stereocenters. The third kappa shape index (κ3) is 6.17. The smallest absolute Gasteiger partial charge is 0.255 e. The maximum Gasteiger partial charge on any atom is 0.255 e. The summed E-state index contributed by atoms with van der Waals surface area (Å²) in [6, 6.07) is 5.68. The van der Waals surface area contributed by atoms with E-state index in [-0.39, 0.29) is 36.5 Å². The third-order valence-corrected chi connectivity index (χ3v) is 8.81. The summed E-state index contributed by atoms with van der Waals surface area (Å²) in [5.74, 6) is 0.700. The summed E-state index contributed by atoms with van der Waals surface area (Å²) in [5, 5.41) is 16.9. The van der Waals surface area contributed by atoms with Crippen LogP contribution in [0.5, 0.6) is 5.75 Å². The normalized spacial score (nSPS) is 32.4. The maximum absolute atomic E-state index is 13.5. The van der Waals surface area contributed by atoms with Crippen molar-refractivity contribution in [3.8, 4) is 5.75 Å². The van der Waals surface area contributed by atoms with E-state index in [4.69, 9.17) is 9.47 Å². The second-order valence-electron chi connectivity index (χ2n) is 11.9. The van der Waals surface area contributed by atoms with Crippen LogP contribution in [0.3, 0.4) is 0 Å². The summed E-state index contributed by atoms with van der Waals surface area (Å²) in [6.07, 6.45) is 3.49. The van der Waals surface area contributed by atoms with Crippen LogP contribution in [0.4, 0.5) is 0 Å². The lowest BCUT2D eigenvalue weighted by atomic mass is 9.98. The summed E-state index contributed by atoms with van der Waals surface area (Å²) >= 11 is 0. The van der Waals surface area contributed by atoms with E-state index in [1.54, 1.807) is 0 Å². The van der Waals surface area contributed by atoms with E-state index >= 15 is 0 Å². The molecule has 3 N–H and O–H groups in total. The maximum atomic E-state index is 13.5. The second-order valence-corrected chi connectivity index (χ2v) is 11.9. The number of rotatable bonds is 2. The lowest BCUT2D eigenvalue weighted by molar-refractivity contribution is -0.134. The van der Waals surface area contributed by atoms with E-state index in [2.05, 4.69) is 41.3 Å². The molecule has 3 fully saturated rings. The van der Waals surface area contributed by atoms with Gasteiger partial charge in [0.05, 0.1) is 30.4 Å². The average Bonchev–Trinajstić information content (AvgIpc) is 3.32. The van der Waals surface area contributed by atoms with E-state index in [9.17, 15) is 14.7 Å². The number of hydrogen-bond donors (Lipinski definition) is 3. The van der Waals surface area contributed by atoms with Crippen molar-refractivity contribution < 1.29 is 24.2 Å². The molecular weight excluding hydrogens is 484 g/mol. The molecule has 4 heterocycles. The number of aliphatic hydroxyl groups is 1. The van der Waals surface area contributed by atoms with Crippen LogP contribution >= 0.6 is 0 Å². The quantitative estimate of drug-likeness (QED) is 0.539. The number of amides is 2. The Hall–Kier alpha value is -2.20. The topological polar surface area (TPSA) is 103 Å². The van der Waals surface area contributed by atoms with E-state index < -0.39 is 12.2 Å². The number of piperidine rings is 1. The molecule has 0 spiro atoms. The van der Waals surface area contributed by atoms with Crippen molar-refractivity contribution in [1.29, 1.82) is 0 Å². The largest absolute Gasteiger partial charge is 0.493 e. The van der Waals surface area contributed by atoms with Crippen LogP contribution in [0.25, 0.3) is 0 Å². The minimum Gasteiger partial charge on any atom is -0.493 e. The molecule has 210 valence electrons. The van der Waals surface area contributed by atoms with Gasteiger partial charge in [-0.2, -0.15) is 0 Å². The van der Waals surface area contributed by atoms with Crippen molar-refractivity contribution in [2.45, 2.75) is 94.7 Å². The highest BCUT2D eigenvalue weighted by molar-refractivity contribution is 5.97. The van der Waals surface area contributed by atoms with Gasteiger partial charge < -0.3 is 30.1 Å². The number of fused-ring (bicyclic) bond motifs is 5. The van der Waals surface area contributed by atoms with Crippen LogP contribution in [-0.2, 0) is 9.53 Å². The standard InChI is InChI=1S/C29H44N4O5/c1-18(2)19-4-6-23-26(14-19)37-13-10-22-5-7-25(34)27(38-22)16-30-29(36)24-15-20(31-28(23)35)17-33(24)21-8-11-32(3)12-9-21/h4,6,14,18,20-22,24-25,27,34H,5,7-13,15-17H2,1-3H3,(H,30,36)(H,31,35)/t20-,22-,24-,25-,27+/m0/s1. The van der Waals surface area contributed by atoms with E-state index in [0.717, 1.165) is 37.9 Å². The van der Waals surface area contributed by atoms with Crippen molar-refractivity contribution >= 4 is 11.8 Å². The number of benzene rings is 1. The van der Waals surface area contributed by atoms with Gasteiger partial charge in [0.2, 0.25) is 5.91 Å². The fourth-order valence-corrected chi connectivity index (χ4v) is 6.39. The van der Waals surface area contributed by atoms with Crippen LogP contribution in [0.1, 0.15) is 74.2 Å². The Morgan fingerprint density at radius 2 is 1.87 bits per heavy atom. The number of nitrogens with one attached hydrogen (secondary N) is 2. The predicted molar refractivity (Wildman–Crippen MR) is 144 cm³/mol. The molecule has 4 bridgehead atoms. The molecule has 3 saturated heterocycles. The Morgan fingerprint density at radius 1 is 1.08 bits per heavy atom. The Kier molecular flexibility index (Phi) is 8.57. The van der Waals surface area contributed by atoms with Crippen LogP contribution in [0.2, 0.25) is 0 Å². The van der Waals surface area contributed by atoms with E-state index in [1.807, 2.05) is 18.2 Å². The molecule has 9 heteroatoms. The molecule has 38 heavy (non-hydrogen) atoms. The lowest BCUT2D eigenvalue weighted by Crippen LogP contribution is -2.53. The van der Waals surface area contributed by atoms with E-state index in [0.29, 0.717) is 55.7 Å². The van der Waals surface area contributed by atoms with Crippen LogP contribution < -0.4 is 15.4 Å². The molecule has 0 aliphatic carbocycles. The first-order chi connectivity index (χ1) is 18.3. The predicted octanol–water partition coefficient (Wildman–Crippen LogP) is 1.88. The third-order valence-electron chi connectivity index (χ3n) is 8.81. The molecule has 1 aromatic carbocycles. The number of ether oxygens (including phenoxy) is 2. The molecule has 4 aliphatic rings. The zero-order valence-electron chi connectivity index (χ0n) is 23.0. The molecular formula is C29H44N4O5. The van der Waals surface area contributed by atoms with Gasteiger partial charge in [-0.3, -0.25) is 14.5 Å². The van der Waals surface area contributed by atoms with Gasteiger partial charge in [0.25, 0.3) is 5.91 Å². The average molecular weight is 529 g/mol. The molecule has 9 nitrogen and oxygen atoms in total. The zero-order chi connectivity index (χ0) is 26.8. The summed E-state index contributed by atoms with van der Waals surface area (Å²) in [6.45, 7) is 7.59. The van der Waals surface area contributed by atoms with Crippen LogP contribution in [0, 0.1) is 0 Å². The van der Waals surface area contributed by atoms with Gasteiger partial charge in [0.15, 0.2) is 0 Å². The van der Waals surface area contributed by atoms with Crippen molar-refractivity contribution in [2.75, 3.05) is 39.8 Å². The van der Waals surface area contributed by atoms with Crippen molar-refractivity contribution in [3.63, 3.8) is 0 Å². The number of carbonyl (C=O) groups is 2. The Bertz CT molecular complexity index is 995. The Labute approximate surface area is 226 Å². The van der Waals surface area contributed by atoms with Crippen LogP contribution in [-0.4, -0.2) is 103 Å². The first-order valence-electron chi connectivity index (χ1n) is 14.4. The fourth-order valence-electron chi connectivity index (χ4n) is 6.39. The van der Waals surface area contributed by atoms with Crippen molar-refractivity contribution in [1.82, 2.24) is 20.4 Å². The second kappa shape index (κ2) is 11.9. The summed E-state index contributed by atoms with van der Waals surface area (Å²) in [7, 11) is 2.13. The van der Waals surface area contributed by atoms with Gasteiger partial charge in [-0.1, -0.05) is 19.9 Å². The monoisotopic (exact) mass is 528 g/mol. The molecule has 0 saturated carbocycles. The molecule has 1 aromatic rings. The highest BCUT2D eigenvalue weighted by Gasteiger charge is 2.42. The number of aliphatic hydroxyl groups excluding tert-OH is 1. The summed E-state index contributed by atoms with van der Waals surface area (Å²) in [4.78, 5) is 31.6. The number of hydrogen-bond acceptors (Lipinski definition) is 7. The van der Waals surface area contributed by atoms with Crippen molar-refractivity contribution in [2.24, 2.45) is 0 Å². The molecule has 5 rings (SSSR count). The van der Waals surface area contributed by atoms with Gasteiger partial charge in [-0.25, -0.2) is 0 Å². The summed E-state index contributed by atoms with van der Waals surface area (Å²) < 4.78 is 12.4. The number of likely N-dealkylation sites (tertiary alicyclic amines) is 2. The first-order valence-corrected chi connectivity index (χ1v) is 14.4. The van der Waals surface area contributed by atoms with Crippen LogP contribution in [0.15, 0.2) is 18.2 Å². The molecule has 0 aromatic heterocycles.